The summed E-state index contributed by atoms with van der Waals surface area (Å²) in [4.78, 5) is 49.3. The summed E-state index contributed by atoms with van der Waals surface area (Å²) in [5, 5.41) is 3.19. The van der Waals surface area contributed by atoms with Gasteiger partial charge < -0.3 is 5.32 Å². The third kappa shape index (κ3) is 4.11. The first-order valence-corrected chi connectivity index (χ1v) is 8.00. The molecular formula is C16H18ClN3O4. The largest absolute Gasteiger partial charge is 0.350 e. The minimum atomic E-state index is -0.960. The minimum Gasteiger partial charge on any atom is -0.350 e. The summed E-state index contributed by atoms with van der Waals surface area (Å²) in [6, 6.07) is 6.16. The topological polar surface area (TPSA) is 86.8 Å². The number of carbonyl (C=O) groups excluding carboxylic acids is 4. The molecule has 1 aliphatic heterocycles. The summed E-state index contributed by atoms with van der Waals surface area (Å²) < 4.78 is 0. The van der Waals surface area contributed by atoms with E-state index in [1.165, 1.54) is 0 Å². The van der Waals surface area contributed by atoms with Crippen LogP contribution in [0.15, 0.2) is 24.3 Å². The third-order valence-corrected chi connectivity index (χ3v) is 3.83. The van der Waals surface area contributed by atoms with Crippen molar-refractivity contribution in [2.75, 3.05) is 13.1 Å². The van der Waals surface area contributed by atoms with Crippen LogP contribution in [0, 0.1) is 0 Å². The number of urea groups is 1. The highest BCUT2D eigenvalue weighted by Crippen LogP contribution is 2.13. The van der Waals surface area contributed by atoms with Crippen molar-refractivity contribution in [2.45, 2.75) is 26.3 Å². The van der Waals surface area contributed by atoms with Gasteiger partial charge in [0.05, 0.1) is 0 Å². The van der Waals surface area contributed by atoms with E-state index in [1.54, 1.807) is 24.3 Å². The zero-order valence-electron chi connectivity index (χ0n) is 13.3. The zero-order valence-corrected chi connectivity index (χ0v) is 14.0. The Hall–Kier alpha value is -2.41. The van der Waals surface area contributed by atoms with Gasteiger partial charge in [-0.05, 0) is 24.1 Å². The standard InChI is InChI=1S/C16H18ClN3O4/c1-2-3-8-19-14(22)15(23)20(16(19)24)10-13(21)18-9-11-4-6-12(17)7-5-11/h4-7H,2-3,8-10H2,1H3,(H,18,21). The Morgan fingerprint density at radius 3 is 2.33 bits per heavy atom. The molecule has 0 atom stereocenters. The highest BCUT2D eigenvalue weighted by Gasteiger charge is 2.44. The van der Waals surface area contributed by atoms with Crippen LogP contribution in [-0.2, 0) is 20.9 Å². The summed E-state index contributed by atoms with van der Waals surface area (Å²) in [6.45, 7) is 1.86. The molecule has 1 aromatic rings. The van der Waals surface area contributed by atoms with Crippen LogP contribution in [0.25, 0.3) is 0 Å². The van der Waals surface area contributed by atoms with E-state index in [2.05, 4.69) is 5.32 Å². The summed E-state index contributed by atoms with van der Waals surface area (Å²) in [5.41, 5.74) is 0.826. The number of hydrogen-bond donors (Lipinski definition) is 1. The highest BCUT2D eigenvalue weighted by atomic mass is 35.5. The molecule has 1 aliphatic rings. The molecule has 1 fully saturated rings. The molecule has 2 rings (SSSR count). The van der Waals surface area contributed by atoms with Crippen molar-refractivity contribution in [1.82, 2.24) is 15.1 Å². The predicted molar refractivity (Wildman–Crippen MR) is 87.0 cm³/mol. The first-order chi connectivity index (χ1) is 11.4. The van der Waals surface area contributed by atoms with Gasteiger partial charge in [0, 0.05) is 18.1 Å². The Balaban J connectivity index is 1.91. The monoisotopic (exact) mass is 351 g/mol. The lowest BCUT2D eigenvalue weighted by Crippen LogP contribution is -2.41. The number of unbranched alkanes of at least 4 members (excludes halogenated alkanes) is 1. The van der Waals surface area contributed by atoms with Crippen molar-refractivity contribution in [3.63, 3.8) is 0 Å². The van der Waals surface area contributed by atoms with Gasteiger partial charge in [-0.1, -0.05) is 37.1 Å². The smallest absolute Gasteiger partial charge is 0.334 e. The maximum absolute atomic E-state index is 12.1. The molecular weight excluding hydrogens is 334 g/mol. The van der Waals surface area contributed by atoms with Gasteiger partial charge in [-0.3, -0.25) is 19.3 Å². The normalized spacial score (nSPS) is 14.5. The summed E-state index contributed by atoms with van der Waals surface area (Å²) in [6.07, 6.45) is 1.40. The number of nitrogens with zero attached hydrogens (tertiary/aromatic N) is 2. The van der Waals surface area contributed by atoms with Crippen LogP contribution in [0.2, 0.25) is 5.02 Å². The van der Waals surface area contributed by atoms with Crippen molar-refractivity contribution < 1.29 is 19.2 Å². The van der Waals surface area contributed by atoms with E-state index < -0.39 is 30.3 Å². The summed E-state index contributed by atoms with van der Waals surface area (Å²) in [7, 11) is 0. The second-order valence-corrected chi connectivity index (χ2v) is 5.82. The lowest BCUT2D eigenvalue weighted by Gasteiger charge is -2.15. The third-order valence-electron chi connectivity index (χ3n) is 3.57. The Morgan fingerprint density at radius 2 is 1.71 bits per heavy atom. The zero-order chi connectivity index (χ0) is 17.7. The molecule has 0 unspecified atom stereocenters. The van der Waals surface area contributed by atoms with Gasteiger partial charge in [0.25, 0.3) is 0 Å². The molecule has 128 valence electrons. The van der Waals surface area contributed by atoms with Gasteiger partial charge in [-0.25, -0.2) is 9.69 Å². The van der Waals surface area contributed by atoms with E-state index in [1.807, 2.05) is 6.92 Å². The van der Waals surface area contributed by atoms with E-state index in [-0.39, 0.29) is 13.1 Å². The molecule has 0 aromatic heterocycles. The molecule has 8 heteroatoms. The number of imide groups is 2. The Morgan fingerprint density at radius 1 is 1.08 bits per heavy atom. The molecule has 0 saturated carbocycles. The van der Waals surface area contributed by atoms with Crippen LogP contribution in [0.5, 0.6) is 0 Å². The second kappa shape index (κ2) is 7.92. The average molecular weight is 352 g/mol. The van der Waals surface area contributed by atoms with E-state index in [0.717, 1.165) is 16.9 Å². The van der Waals surface area contributed by atoms with Gasteiger partial charge in [-0.15, -0.1) is 0 Å². The molecule has 24 heavy (non-hydrogen) atoms. The van der Waals surface area contributed by atoms with Crippen LogP contribution in [0.4, 0.5) is 4.79 Å². The van der Waals surface area contributed by atoms with Gasteiger partial charge in [0.15, 0.2) is 0 Å². The fourth-order valence-electron chi connectivity index (χ4n) is 2.21. The number of nitrogens with one attached hydrogen (secondary N) is 1. The lowest BCUT2D eigenvalue weighted by atomic mass is 10.2. The number of hydrogen-bond acceptors (Lipinski definition) is 4. The van der Waals surface area contributed by atoms with Gasteiger partial charge in [0.2, 0.25) is 5.91 Å². The molecule has 7 nitrogen and oxygen atoms in total. The SMILES string of the molecule is CCCCN1C(=O)C(=O)N(CC(=O)NCc2ccc(Cl)cc2)C1=O. The number of rotatable bonds is 7. The molecule has 0 aliphatic carbocycles. The van der Waals surface area contributed by atoms with E-state index in [9.17, 15) is 19.2 Å². The number of halogens is 1. The molecule has 1 heterocycles. The maximum Gasteiger partial charge on any atom is 0.334 e. The number of carbonyl (C=O) groups is 4. The van der Waals surface area contributed by atoms with Crippen molar-refractivity contribution in [3.05, 3.63) is 34.9 Å². The Kier molecular flexibility index (Phi) is 5.92. The average Bonchev–Trinajstić information content (AvgIpc) is 2.76. The minimum absolute atomic E-state index is 0.183. The molecule has 1 aromatic carbocycles. The number of amides is 5. The molecule has 5 amide bonds. The van der Waals surface area contributed by atoms with Crippen LogP contribution in [-0.4, -0.2) is 46.6 Å². The highest BCUT2D eigenvalue weighted by molar-refractivity contribution is 6.45. The van der Waals surface area contributed by atoms with Gasteiger partial charge in [-0.2, -0.15) is 0 Å². The van der Waals surface area contributed by atoms with E-state index in [0.29, 0.717) is 16.3 Å². The second-order valence-electron chi connectivity index (χ2n) is 5.39. The predicted octanol–water partition coefficient (Wildman–Crippen LogP) is 1.55. The van der Waals surface area contributed by atoms with Crippen LogP contribution in [0.3, 0.4) is 0 Å². The van der Waals surface area contributed by atoms with Crippen molar-refractivity contribution >= 4 is 35.4 Å². The number of benzene rings is 1. The lowest BCUT2D eigenvalue weighted by molar-refractivity contribution is -0.144. The Bertz CT molecular complexity index is 660. The maximum atomic E-state index is 12.1. The summed E-state index contributed by atoms with van der Waals surface area (Å²) in [5.74, 6) is -2.35. The first-order valence-electron chi connectivity index (χ1n) is 7.62. The van der Waals surface area contributed by atoms with Gasteiger partial charge >= 0.3 is 17.8 Å². The molecule has 1 saturated heterocycles. The molecule has 0 radical (unpaired) electrons. The van der Waals surface area contributed by atoms with Gasteiger partial charge in [0.1, 0.15) is 6.54 Å². The Labute approximate surface area is 144 Å². The van der Waals surface area contributed by atoms with Crippen LogP contribution < -0.4 is 5.32 Å². The van der Waals surface area contributed by atoms with E-state index in [4.69, 9.17) is 11.6 Å². The van der Waals surface area contributed by atoms with Crippen molar-refractivity contribution in [2.24, 2.45) is 0 Å². The first kappa shape index (κ1) is 17.9. The van der Waals surface area contributed by atoms with Crippen molar-refractivity contribution in [1.29, 1.82) is 0 Å². The molecule has 1 N–H and O–H groups in total. The molecule has 0 bridgehead atoms. The van der Waals surface area contributed by atoms with Crippen LogP contribution in [0.1, 0.15) is 25.3 Å². The van der Waals surface area contributed by atoms with Crippen LogP contribution >= 0.6 is 11.6 Å². The quantitative estimate of drug-likeness (QED) is 0.596. The molecule has 0 spiro atoms. The van der Waals surface area contributed by atoms with E-state index >= 15 is 0 Å². The van der Waals surface area contributed by atoms with Crippen molar-refractivity contribution in [3.8, 4) is 0 Å². The fraction of sp³-hybridized carbons (Fsp3) is 0.375. The fourth-order valence-corrected chi connectivity index (χ4v) is 2.33. The summed E-state index contributed by atoms with van der Waals surface area (Å²) >= 11 is 5.78.